The Morgan fingerprint density at radius 1 is 0.693 bits per heavy atom. The molecule has 0 bridgehead atoms. The highest BCUT2D eigenvalue weighted by Crippen LogP contribution is 2.14. The molecule has 1 heterocycles. The number of nitrogens with two attached hydrogens (primary N) is 4. The van der Waals surface area contributed by atoms with Crippen molar-refractivity contribution in [1.29, 1.82) is 0 Å². The number of hydrogen-bond acceptors (Lipinski definition) is 16. The molecule has 5 unspecified atom stereocenters. The fraction of sp³-hybridized carbons (Fsp3) is 0.646. The summed E-state index contributed by atoms with van der Waals surface area (Å²) in [4.78, 5) is 147. The second-order valence-electron chi connectivity index (χ2n) is 18.8. The van der Waals surface area contributed by atoms with Crippen LogP contribution in [-0.4, -0.2) is 161 Å². The van der Waals surface area contributed by atoms with Crippen molar-refractivity contribution in [2.75, 3.05) is 26.2 Å². The molecule has 2 rings (SSSR count). The average Bonchev–Trinajstić information content (AvgIpc) is 3.34. The molecular weight excluding hydrogens is 983 g/mol. The summed E-state index contributed by atoms with van der Waals surface area (Å²) in [6.45, 7) is 4.84. The van der Waals surface area contributed by atoms with Gasteiger partial charge in [-0.2, -0.15) is 0 Å². The van der Waals surface area contributed by atoms with Gasteiger partial charge in [-0.15, -0.1) is 0 Å². The van der Waals surface area contributed by atoms with Gasteiger partial charge < -0.3 is 86.1 Å². The lowest BCUT2D eigenvalue weighted by atomic mass is 10.0. The number of nitrogens with one attached hydrogen (secondary N) is 9. The van der Waals surface area contributed by atoms with E-state index in [0.717, 1.165) is 6.92 Å². The minimum atomic E-state index is -1.79. The van der Waals surface area contributed by atoms with Gasteiger partial charge >= 0.3 is 5.97 Å². The van der Waals surface area contributed by atoms with Gasteiger partial charge in [0.2, 0.25) is 59.1 Å². The molecule has 420 valence electrons. The number of benzene rings is 1. The lowest BCUT2D eigenvalue weighted by Crippen LogP contribution is -2.62. The molecular formula is C48H79N13O14. The number of aliphatic carboxylic acids is 1. The SMILES string of the molecule is CC(C)C(NC(=O)[C@@H]1CCC(=O)NCCC(=O)NCCCC[C@H](NC(=O)C(CCCCN)NC(=O)[C@H](Cc2ccc(O)cc2)NC(=O)C(CC(N)=O)NC(=O)[C@@H](N)CCCCN)C(=O)NC(C(C)O)C(=O)N1)C(=O)O. The highest BCUT2D eigenvalue weighted by Gasteiger charge is 2.36. The molecule has 1 aromatic rings. The van der Waals surface area contributed by atoms with Crippen LogP contribution in [0.15, 0.2) is 24.3 Å². The van der Waals surface area contributed by atoms with E-state index in [1.165, 1.54) is 38.1 Å². The zero-order valence-electron chi connectivity index (χ0n) is 43.0. The maximum atomic E-state index is 14.4. The van der Waals surface area contributed by atoms with Crippen molar-refractivity contribution in [2.45, 2.75) is 165 Å². The number of primary amides is 1. The number of hydrogen-bond donors (Lipinski definition) is 16. The largest absolute Gasteiger partial charge is 0.508 e. The van der Waals surface area contributed by atoms with Crippen molar-refractivity contribution >= 4 is 65.0 Å². The number of carbonyl (C=O) groups excluding carboxylic acids is 10. The number of rotatable bonds is 25. The third-order valence-corrected chi connectivity index (χ3v) is 12.1. The molecule has 0 aliphatic carbocycles. The van der Waals surface area contributed by atoms with Crippen molar-refractivity contribution in [1.82, 2.24) is 47.9 Å². The average molecular weight is 1060 g/mol. The van der Waals surface area contributed by atoms with Crippen molar-refractivity contribution in [3.8, 4) is 5.75 Å². The first kappa shape index (κ1) is 64.1. The zero-order chi connectivity index (χ0) is 56.2. The van der Waals surface area contributed by atoms with Gasteiger partial charge in [-0.25, -0.2) is 4.79 Å². The fourth-order valence-electron chi connectivity index (χ4n) is 7.68. The molecule has 27 heteroatoms. The van der Waals surface area contributed by atoms with Crippen LogP contribution in [0.2, 0.25) is 0 Å². The normalized spacial score (nSPS) is 19.7. The molecule has 0 saturated carbocycles. The number of carboxylic acid groups (broad SMARTS) is 1. The third-order valence-electron chi connectivity index (χ3n) is 12.1. The maximum Gasteiger partial charge on any atom is 0.326 e. The van der Waals surface area contributed by atoms with Crippen LogP contribution < -0.4 is 70.8 Å². The Morgan fingerprint density at radius 3 is 1.88 bits per heavy atom. The van der Waals surface area contributed by atoms with Crippen LogP contribution in [0.3, 0.4) is 0 Å². The van der Waals surface area contributed by atoms with Crippen LogP contribution in [0.25, 0.3) is 0 Å². The topological polar surface area (TPSA) is 461 Å². The number of amides is 10. The number of carboxylic acids is 1. The summed E-state index contributed by atoms with van der Waals surface area (Å²) in [6, 6.07) is -6.23. The van der Waals surface area contributed by atoms with E-state index in [9.17, 15) is 68.1 Å². The molecule has 27 nitrogen and oxygen atoms in total. The van der Waals surface area contributed by atoms with Gasteiger partial charge in [-0.3, -0.25) is 47.9 Å². The van der Waals surface area contributed by atoms with E-state index >= 15 is 0 Å². The van der Waals surface area contributed by atoms with Crippen molar-refractivity contribution in [2.24, 2.45) is 28.9 Å². The van der Waals surface area contributed by atoms with Crippen molar-refractivity contribution in [3.05, 3.63) is 29.8 Å². The molecule has 0 spiro atoms. The second kappa shape index (κ2) is 33.8. The zero-order valence-corrected chi connectivity index (χ0v) is 43.0. The molecule has 1 aliphatic rings. The Morgan fingerprint density at radius 2 is 1.28 bits per heavy atom. The van der Waals surface area contributed by atoms with Gasteiger partial charge in [0, 0.05) is 32.4 Å². The summed E-state index contributed by atoms with van der Waals surface area (Å²) in [5.74, 6) is -10.8. The second-order valence-corrected chi connectivity index (χ2v) is 18.8. The number of phenols is 1. The molecule has 20 N–H and O–H groups in total. The standard InChI is InChI=1S/C48H79N13O14/c1-26(2)39(48(74)75)60-44(70)33-17-18-37(65)54-23-19-38(66)53-22-9-6-12-32(43(69)61-40(27(3)62)47(73)57-33)55-42(68)31(11-5-8-21-50)56-45(71)34(24-28-13-15-29(63)16-14-28)59-46(72)35(25-36(52)64)58-41(67)30(51)10-4-7-20-49/h13-16,26-27,30-35,39-40,62-63H,4-12,17-25,49-51H2,1-3H3,(H2,52,64)(H,53,66)(H,54,65)(H,55,68)(H,56,71)(H,57,73)(H,58,67)(H,59,72)(H,60,70)(H,61,69)(H,74,75)/t27?,30-,31?,32-,33-,34-,35?,39?,40?/m0/s1. The van der Waals surface area contributed by atoms with E-state index in [1.54, 1.807) is 0 Å². The molecule has 0 aromatic heterocycles. The summed E-state index contributed by atoms with van der Waals surface area (Å²) in [5, 5.41) is 53.1. The number of aliphatic hydroxyl groups excluding tert-OH is 1. The first-order valence-electron chi connectivity index (χ1n) is 25.3. The van der Waals surface area contributed by atoms with Gasteiger partial charge in [0.25, 0.3) is 0 Å². The number of unbranched alkanes of at least 4 members (excludes halogenated alkanes) is 2. The summed E-state index contributed by atoms with van der Waals surface area (Å²) in [6.07, 6.45) is -1.22. The Labute approximate surface area is 435 Å². The quantitative estimate of drug-likeness (QED) is 0.0410. The monoisotopic (exact) mass is 1060 g/mol. The van der Waals surface area contributed by atoms with Crippen LogP contribution in [-0.2, 0) is 59.2 Å². The molecule has 75 heavy (non-hydrogen) atoms. The summed E-state index contributed by atoms with van der Waals surface area (Å²) < 4.78 is 0. The van der Waals surface area contributed by atoms with Gasteiger partial charge in [0.15, 0.2) is 0 Å². The van der Waals surface area contributed by atoms with Crippen molar-refractivity contribution < 1.29 is 68.1 Å². The molecule has 1 aliphatic heterocycles. The van der Waals surface area contributed by atoms with E-state index in [1.807, 2.05) is 0 Å². The van der Waals surface area contributed by atoms with Crippen LogP contribution in [0, 0.1) is 5.92 Å². The first-order chi connectivity index (χ1) is 35.5. The highest BCUT2D eigenvalue weighted by atomic mass is 16.4. The number of phenolic OH excluding ortho intramolecular Hbond substituents is 1. The van der Waals surface area contributed by atoms with Gasteiger partial charge in [0.1, 0.15) is 48.0 Å². The Kier molecular flexibility index (Phi) is 28.9. The first-order valence-corrected chi connectivity index (χ1v) is 25.3. The van der Waals surface area contributed by atoms with E-state index in [4.69, 9.17) is 22.9 Å². The molecule has 1 fully saturated rings. The summed E-state index contributed by atoms with van der Waals surface area (Å²) >= 11 is 0. The van der Waals surface area contributed by atoms with Crippen molar-refractivity contribution in [3.63, 3.8) is 0 Å². The minimum Gasteiger partial charge on any atom is -0.508 e. The molecule has 1 saturated heterocycles. The van der Waals surface area contributed by atoms with E-state index in [-0.39, 0.29) is 89.6 Å². The van der Waals surface area contributed by atoms with Crippen LogP contribution in [0.4, 0.5) is 0 Å². The molecule has 10 amide bonds. The van der Waals surface area contributed by atoms with Crippen LogP contribution in [0.5, 0.6) is 5.75 Å². The summed E-state index contributed by atoms with van der Waals surface area (Å²) in [5.41, 5.74) is 23.2. The third kappa shape index (κ3) is 24.3. The lowest BCUT2D eigenvalue weighted by molar-refractivity contribution is -0.144. The predicted octanol–water partition coefficient (Wildman–Crippen LogP) is -4.50. The van der Waals surface area contributed by atoms with E-state index in [0.29, 0.717) is 31.4 Å². The predicted molar refractivity (Wildman–Crippen MR) is 271 cm³/mol. The number of aromatic hydroxyl groups is 1. The van der Waals surface area contributed by atoms with E-state index < -0.39 is 132 Å². The van der Waals surface area contributed by atoms with Gasteiger partial charge in [-0.1, -0.05) is 32.4 Å². The summed E-state index contributed by atoms with van der Waals surface area (Å²) in [7, 11) is 0. The number of aliphatic hydroxyl groups is 1. The van der Waals surface area contributed by atoms with Gasteiger partial charge in [-0.05, 0) is 101 Å². The maximum absolute atomic E-state index is 14.4. The van der Waals surface area contributed by atoms with Crippen LogP contribution >= 0.6 is 0 Å². The molecule has 0 radical (unpaired) electrons. The lowest BCUT2D eigenvalue weighted by Gasteiger charge is -2.29. The highest BCUT2D eigenvalue weighted by molar-refractivity contribution is 5.98. The minimum absolute atomic E-state index is 0.0590. The van der Waals surface area contributed by atoms with E-state index in [2.05, 4.69) is 47.9 Å². The Bertz CT molecular complexity index is 2090. The number of carbonyl (C=O) groups is 11. The fourth-order valence-corrected chi connectivity index (χ4v) is 7.68. The van der Waals surface area contributed by atoms with Crippen LogP contribution in [0.1, 0.15) is 110 Å². The molecule has 1 aromatic carbocycles. The molecule has 9 atom stereocenters. The van der Waals surface area contributed by atoms with Gasteiger partial charge in [0.05, 0.1) is 18.6 Å². The Hall–Kier alpha value is -6.97. The Balaban J connectivity index is 2.55. The smallest absolute Gasteiger partial charge is 0.326 e.